The molecule has 0 bridgehead atoms. The minimum atomic E-state index is -0.499. The molecule has 28 heavy (non-hydrogen) atoms. The highest BCUT2D eigenvalue weighted by atomic mass is 16.2. The van der Waals surface area contributed by atoms with E-state index in [0.717, 1.165) is 11.1 Å². The van der Waals surface area contributed by atoms with Crippen molar-refractivity contribution >= 4 is 17.8 Å². The fourth-order valence-corrected chi connectivity index (χ4v) is 3.66. The van der Waals surface area contributed by atoms with Crippen LogP contribution in [0.4, 0.5) is 4.79 Å². The fraction of sp³-hybridized carbons (Fsp3) is 0.476. The molecule has 2 aliphatic rings. The van der Waals surface area contributed by atoms with Gasteiger partial charge in [0, 0.05) is 13.1 Å². The first kappa shape index (κ1) is 19.9. The van der Waals surface area contributed by atoms with Crippen molar-refractivity contribution in [3.05, 3.63) is 46.7 Å². The molecule has 4 amide bonds. The van der Waals surface area contributed by atoms with Gasteiger partial charge in [-0.2, -0.15) is 0 Å². The molecule has 3 rings (SSSR count). The summed E-state index contributed by atoms with van der Waals surface area (Å²) in [4.78, 5) is 41.1. The topological polar surface area (TPSA) is 81.8 Å². The van der Waals surface area contributed by atoms with E-state index in [0.29, 0.717) is 30.3 Å². The first-order valence-corrected chi connectivity index (χ1v) is 9.75. The molecule has 0 aliphatic carbocycles. The molecule has 150 valence electrons. The van der Waals surface area contributed by atoms with E-state index < -0.39 is 6.04 Å². The van der Waals surface area contributed by atoms with Gasteiger partial charge < -0.3 is 15.5 Å². The number of hydrogen-bond donors (Lipinski definition) is 2. The van der Waals surface area contributed by atoms with Crippen molar-refractivity contribution in [1.29, 1.82) is 0 Å². The van der Waals surface area contributed by atoms with Gasteiger partial charge in [-0.05, 0) is 25.3 Å². The molecule has 7 heteroatoms. The molecule has 0 unspecified atom stereocenters. The second-order valence-corrected chi connectivity index (χ2v) is 7.76. The van der Waals surface area contributed by atoms with Crippen LogP contribution < -0.4 is 10.6 Å². The lowest BCUT2D eigenvalue weighted by Gasteiger charge is -2.33. The molecule has 2 aliphatic heterocycles. The van der Waals surface area contributed by atoms with E-state index in [-0.39, 0.29) is 30.9 Å². The Balaban J connectivity index is 1.87. The Morgan fingerprint density at radius 1 is 1.32 bits per heavy atom. The van der Waals surface area contributed by atoms with Crippen LogP contribution in [0.1, 0.15) is 37.9 Å². The molecule has 1 atom stereocenters. The Labute approximate surface area is 165 Å². The summed E-state index contributed by atoms with van der Waals surface area (Å²) in [6.07, 6.45) is 0. The summed E-state index contributed by atoms with van der Waals surface area (Å²) in [5, 5.41) is 5.81. The highest BCUT2D eigenvalue weighted by Crippen LogP contribution is 2.36. The number of benzene rings is 1. The molecule has 0 saturated carbocycles. The lowest BCUT2D eigenvalue weighted by Crippen LogP contribution is -2.47. The summed E-state index contributed by atoms with van der Waals surface area (Å²) in [7, 11) is 0. The van der Waals surface area contributed by atoms with Gasteiger partial charge in [0.25, 0.3) is 5.91 Å². The molecule has 0 fully saturated rings. The number of aryl methyl sites for hydroxylation is 1. The number of rotatable bonds is 6. The molecule has 2 N–H and O–H groups in total. The number of urea groups is 1. The normalized spacial score (nSPS) is 19.2. The highest BCUT2D eigenvalue weighted by Gasteiger charge is 2.43. The van der Waals surface area contributed by atoms with E-state index >= 15 is 0 Å². The van der Waals surface area contributed by atoms with Crippen molar-refractivity contribution in [2.75, 3.05) is 26.2 Å². The second-order valence-electron chi connectivity index (χ2n) is 7.76. The van der Waals surface area contributed by atoms with Crippen LogP contribution in [0.5, 0.6) is 0 Å². The average molecular weight is 384 g/mol. The molecule has 0 aromatic heterocycles. The lowest BCUT2D eigenvalue weighted by atomic mass is 9.94. The number of carbonyl (C=O) groups excluding carboxylic acids is 3. The predicted molar refractivity (Wildman–Crippen MR) is 106 cm³/mol. The number of nitrogens with one attached hydrogen (secondary N) is 2. The maximum atomic E-state index is 13.2. The summed E-state index contributed by atoms with van der Waals surface area (Å²) in [6.45, 7) is 9.18. The van der Waals surface area contributed by atoms with E-state index in [1.54, 1.807) is 4.90 Å². The predicted octanol–water partition coefficient (Wildman–Crippen LogP) is 1.95. The number of hydrogen-bond acceptors (Lipinski definition) is 3. The van der Waals surface area contributed by atoms with Crippen LogP contribution >= 0.6 is 0 Å². The molecular formula is C21H28N4O3. The molecular weight excluding hydrogens is 356 g/mol. The smallest absolute Gasteiger partial charge is 0.322 e. The summed E-state index contributed by atoms with van der Waals surface area (Å²) < 4.78 is 0. The van der Waals surface area contributed by atoms with Crippen LogP contribution in [0.15, 0.2) is 35.5 Å². The third-order valence-electron chi connectivity index (χ3n) is 5.03. The molecule has 0 spiro atoms. The number of nitrogens with zero attached hydrogens (tertiary/aromatic N) is 2. The Kier molecular flexibility index (Phi) is 5.72. The van der Waals surface area contributed by atoms with Crippen molar-refractivity contribution in [2.24, 2.45) is 5.92 Å². The quantitative estimate of drug-likeness (QED) is 0.787. The van der Waals surface area contributed by atoms with Gasteiger partial charge in [0.05, 0.1) is 23.9 Å². The van der Waals surface area contributed by atoms with Crippen LogP contribution in [-0.2, 0) is 9.59 Å². The first-order valence-electron chi connectivity index (χ1n) is 9.75. The third-order valence-corrected chi connectivity index (χ3v) is 5.03. The summed E-state index contributed by atoms with van der Waals surface area (Å²) in [6, 6.07) is 7.06. The Morgan fingerprint density at radius 3 is 2.71 bits per heavy atom. The van der Waals surface area contributed by atoms with E-state index in [9.17, 15) is 14.4 Å². The van der Waals surface area contributed by atoms with Crippen molar-refractivity contribution in [2.45, 2.75) is 33.7 Å². The molecule has 1 aromatic rings. The first-order chi connectivity index (χ1) is 13.3. The zero-order chi connectivity index (χ0) is 20.4. The van der Waals surface area contributed by atoms with E-state index in [2.05, 4.69) is 10.6 Å². The van der Waals surface area contributed by atoms with E-state index in [4.69, 9.17) is 0 Å². The van der Waals surface area contributed by atoms with Crippen molar-refractivity contribution < 1.29 is 14.4 Å². The SMILES string of the molecule is CCN1C(=O)N[C@@H](c2cccc(C)c2)C2=C1CN(CC(=O)NCC(C)C)C2=O. The maximum absolute atomic E-state index is 13.2. The standard InChI is InChI=1S/C21H28N4O3/c1-5-25-16-11-24(12-17(26)22-10-13(2)3)20(27)18(16)19(23-21(25)28)15-8-6-7-14(4)9-15/h6-9,13,19H,5,10-12H2,1-4H3,(H,22,26)(H,23,28)/t19-/m0/s1. The van der Waals surface area contributed by atoms with E-state index in [1.807, 2.05) is 52.0 Å². The van der Waals surface area contributed by atoms with Crippen LogP contribution in [0, 0.1) is 12.8 Å². The lowest BCUT2D eigenvalue weighted by molar-refractivity contribution is -0.132. The van der Waals surface area contributed by atoms with Crippen LogP contribution in [0.25, 0.3) is 0 Å². The third kappa shape index (κ3) is 3.88. The number of likely N-dealkylation sites (N-methyl/N-ethyl adjacent to an activating group) is 1. The highest BCUT2D eigenvalue weighted by molar-refractivity contribution is 6.03. The summed E-state index contributed by atoms with van der Waals surface area (Å²) >= 11 is 0. The number of amides is 4. The molecule has 1 aromatic carbocycles. The molecule has 0 radical (unpaired) electrons. The molecule has 2 heterocycles. The van der Waals surface area contributed by atoms with Gasteiger partial charge >= 0.3 is 6.03 Å². The van der Waals surface area contributed by atoms with Gasteiger partial charge in [-0.25, -0.2) is 4.79 Å². The molecule has 7 nitrogen and oxygen atoms in total. The number of carbonyl (C=O) groups is 3. The average Bonchev–Trinajstić information content (AvgIpc) is 2.95. The van der Waals surface area contributed by atoms with Crippen molar-refractivity contribution in [1.82, 2.24) is 20.4 Å². The van der Waals surface area contributed by atoms with Crippen LogP contribution in [-0.4, -0.2) is 53.8 Å². The minimum absolute atomic E-state index is 0.00909. The Bertz CT molecular complexity index is 831. The van der Waals surface area contributed by atoms with Gasteiger partial charge in [-0.3, -0.25) is 14.5 Å². The molecule has 0 saturated heterocycles. The van der Waals surface area contributed by atoms with Crippen molar-refractivity contribution in [3.8, 4) is 0 Å². The Morgan fingerprint density at radius 2 is 2.07 bits per heavy atom. The monoisotopic (exact) mass is 384 g/mol. The zero-order valence-electron chi connectivity index (χ0n) is 16.9. The second kappa shape index (κ2) is 8.04. The maximum Gasteiger partial charge on any atom is 0.322 e. The van der Waals surface area contributed by atoms with E-state index in [1.165, 1.54) is 4.90 Å². The zero-order valence-corrected chi connectivity index (χ0v) is 16.9. The van der Waals surface area contributed by atoms with Crippen molar-refractivity contribution in [3.63, 3.8) is 0 Å². The van der Waals surface area contributed by atoms with Gasteiger partial charge in [0.1, 0.15) is 6.54 Å². The fourth-order valence-electron chi connectivity index (χ4n) is 3.66. The minimum Gasteiger partial charge on any atom is -0.354 e. The van der Waals surface area contributed by atoms with Gasteiger partial charge in [-0.1, -0.05) is 43.7 Å². The van der Waals surface area contributed by atoms with Crippen LogP contribution in [0.2, 0.25) is 0 Å². The summed E-state index contributed by atoms with van der Waals surface area (Å²) in [5.74, 6) is -0.0383. The Hall–Kier alpha value is -2.83. The van der Waals surface area contributed by atoms with Gasteiger partial charge in [0.2, 0.25) is 5.91 Å². The summed E-state index contributed by atoms with van der Waals surface area (Å²) in [5.41, 5.74) is 3.18. The van der Waals surface area contributed by atoms with Gasteiger partial charge in [0.15, 0.2) is 0 Å². The largest absolute Gasteiger partial charge is 0.354 e. The van der Waals surface area contributed by atoms with Crippen LogP contribution in [0.3, 0.4) is 0 Å². The van der Waals surface area contributed by atoms with Gasteiger partial charge in [-0.15, -0.1) is 0 Å².